The van der Waals surface area contributed by atoms with E-state index in [9.17, 15) is 0 Å². The van der Waals surface area contributed by atoms with Crippen molar-refractivity contribution in [1.82, 2.24) is 19.9 Å². The topological polar surface area (TPSA) is 53.9 Å². The van der Waals surface area contributed by atoms with Gasteiger partial charge in [0.25, 0.3) is 0 Å². The molecule has 126 valence electrons. The van der Waals surface area contributed by atoms with Gasteiger partial charge in [-0.05, 0) is 42.8 Å². The highest BCUT2D eigenvalue weighted by molar-refractivity contribution is 5.59. The van der Waals surface area contributed by atoms with Crippen LogP contribution in [-0.4, -0.2) is 39.5 Å². The minimum atomic E-state index is 0.433. The molecule has 0 saturated heterocycles. The van der Waals surface area contributed by atoms with Gasteiger partial charge in [-0.25, -0.2) is 9.97 Å². The highest BCUT2D eigenvalue weighted by atomic mass is 15.2. The predicted octanol–water partition coefficient (Wildman–Crippen LogP) is 3.01. The van der Waals surface area contributed by atoms with Crippen LogP contribution in [0.3, 0.4) is 0 Å². The summed E-state index contributed by atoms with van der Waals surface area (Å²) in [6.07, 6.45) is 6.40. The van der Waals surface area contributed by atoms with Gasteiger partial charge in [-0.2, -0.15) is 0 Å². The minimum Gasteiger partial charge on any atom is -0.353 e. The van der Waals surface area contributed by atoms with Crippen molar-refractivity contribution >= 4 is 5.95 Å². The molecule has 0 radical (unpaired) electrons. The standard InChI is InChI=1S/C20H21N5/c1-25-14-17-5-3-2-4-16(17)12-18(25)13-23-20-22-11-8-19(24-20)15-6-9-21-10-7-15/h2-11,18H,12-14H2,1H3,(H,22,23,24)/t18-/m0/s1. The first-order valence-electron chi connectivity index (χ1n) is 8.54. The van der Waals surface area contributed by atoms with Crippen LogP contribution in [0.15, 0.2) is 61.1 Å². The molecule has 1 aromatic carbocycles. The number of nitrogens with one attached hydrogen (secondary N) is 1. The molecule has 25 heavy (non-hydrogen) atoms. The fraction of sp³-hybridized carbons (Fsp3) is 0.250. The third-order valence-corrected chi connectivity index (χ3v) is 4.74. The van der Waals surface area contributed by atoms with Crippen LogP contribution in [0.1, 0.15) is 11.1 Å². The second-order valence-corrected chi connectivity index (χ2v) is 6.42. The highest BCUT2D eigenvalue weighted by Crippen LogP contribution is 2.22. The summed E-state index contributed by atoms with van der Waals surface area (Å²) in [5, 5.41) is 3.41. The van der Waals surface area contributed by atoms with Crippen molar-refractivity contribution in [3.63, 3.8) is 0 Å². The van der Waals surface area contributed by atoms with Crippen molar-refractivity contribution < 1.29 is 0 Å². The van der Waals surface area contributed by atoms with E-state index in [1.807, 2.05) is 18.2 Å². The van der Waals surface area contributed by atoms with Crippen LogP contribution in [0.25, 0.3) is 11.3 Å². The molecule has 0 saturated carbocycles. The monoisotopic (exact) mass is 331 g/mol. The summed E-state index contributed by atoms with van der Waals surface area (Å²) in [5.41, 5.74) is 4.82. The molecule has 3 heterocycles. The molecule has 1 aliphatic heterocycles. The molecule has 1 aliphatic rings. The van der Waals surface area contributed by atoms with Gasteiger partial charge in [0.2, 0.25) is 5.95 Å². The maximum absolute atomic E-state index is 4.63. The first-order valence-corrected chi connectivity index (χ1v) is 8.54. The van der Waals surface area contributed by atoms with E-state index in [4.69, 9.17) is 0 Å². The molecule has 1 N–H and O–H groups in total. The van der Waals surface area contributed by atoms with E-state index in [2.05, 4.69) is 56.5 Å². The normalized spacial score (nSPS) is 17.1. The van der Waals surface area contributed by atoms with Crippen molar-refractivity contribution in [2.75, 3.05) is 18.9 Å². The summed E-state index contributed by atoms with van der Waals surface area (Å²) in [7, 11) is 2.18. The van der Waals surface area contributed by atoms with Crippen molar-refractivity contribution in [2.24, 2.45) is 0 Å². The Bertz CT molecular complexity index is 849. The molecule has 0 spiro atoms. The molecule has 0 unspecified atom stereocenters. The molecule has 3 aromatic rings. The Labute approximate surface area is 147 Å². The zero-order valence-electron chi connectivity index (χ0n) is 14.3. The molecule has 0 aliphatic carbocycles. The van der Waals surface area contributed by atoms with E-state index in [1.165, 1.54) is 11.1 Å². The van der Waals surface area contributed by atoms with Crippen LogP contribution in [0.2, 0.25) is 0 Å². The number of nitrogens with zero attached hydrogens (tertiary/aromatic N) is 4. The number of likely N-dealkylation sites (N-methyl/N-ethyl adjacent to an activating group) is 1. The summed E-state index contributed by atoms with van der Waals surface area (Å²) >= 11 is 0. The molecule has 0 amide bonds. The number of rotatable bonds is 4. The second-order valence-electron chi connectivity index (χ2n) is 6.42. The Morgan fingerprint density at radius 3 is 2.68 bits per heavy atom. The molecule has 0 fully saturated rings. The lowest BCUT2D eigenvalue weighted by atomic mass is 9.94. The third kappa shape index (κ3) is 3.51. The zero-order chi connectivity index (χ0) is 17.1. The fourth-order valence-electron chi connectivity index (χ4n) is 3.28. The predicted molar refractivity (Wildman–Crippen MR) is 99.2 cm³/mol. The van der Waals surface area contributed by atoms with E-state index >= 15 is 0 Å². The van der Waals surface area contributed by atoms with Gasteiger partial charge in [-0.3, -0.25) is 9.88 Å². The fourth-order valence-corrected chi connectivity index (χ4v) is 3.28. The summed E-state index contributed by atoms with van der Waals surface area (Å²) in [5.74, 6) is 0.668. The highest BCUT2D eigenvalue weighted by Gasteiger charge is 2.22. The summed E-state index contributed by atoms with van der Waals surface area (Å²) in [4.78, 5) is 15.4. The molecule has 2 aromatic heterocycles. The first-order chi connectivity index (χ1) is 12.3. The van der Waals surface area contributed by atoms with Crippen LogP contribution in [-0.2, 0) is 13.0 Å². The molecule has 0 bridgehead atoms. The Morgan fingerprint density at radius 1 is 1.04 bits per heavy atom. The summed E-state index contributed by atoms with van der Waals surface area (Å²) in [6.45, 7) is 1.81. The van der Waals surface area contributed by atoms with Gasteiger partial charge in [0.05, 0.1) is 5.69 Å². The van der Waals surface area contributed by atoms with Gasteiger partial charge in [-0.1, -0.05) is 24.3 Å². The molecule has 5 nitrogen and oxygen atoms in total. The van der Waals surface area contributed by atoms with Crippen LogP contribution in [0, 0.1) is 0 Å². The number of pyridine rings is 1. The Kier molecular flexibility index (Phi) is 4.39. The van der Waals surface area contributed by atoms with Crippen molar-refractivity contribution in [2.45, 2.75) is 19.0 Å². The van der Waals surface area contributed by atoms with Crippen molar-refractivity contribution in [3.05, 3.63) is 72.2 Å². The van der Waals surface area contributed by atoms with E-state index in [0.29, 0.717) is 12.0 Å². The maximum atomic E-state index is 4.63. The number of hydrogen-bond donors (Lipinski definition) is 1. The van der Waals surface area contributed by atoms with Crippen molar-refractivity contribution in [1.29, 1.82) is 0 Å². The Hall–Kier alpha value is -2.79. The first kappa shape index (κ1) is 15.7. The summed E-state index contributed by atoms with van der Waals surface area (Å²) < 4.78 is 0. The average Bonchev–Trinajstić information content (AvgIpc) is 2.67. The van der Waals surface area contributed by atoms with E-state index < -0.39 is 0 Å². The lowest BCUT2D eigenvalue weighted by Crippen LogP contribution is -2.42. The molecular weight excluding hydrogens is 310 g/mol. The number of anilines is 1. The average molecular weight is 331 g/mol. The quantitative estimate of drug-likeness (QED) is 0.796. The van der Waals surface area contributed by atoms with E-state index in [-0.39, 0.29) is 0 Å². The van der Waals surface area contributed by atoms with Crippen LogP contribution >= 0.6 is 0 Å². The van der Waals surface area contributed by atoms with Crippen molar-refractivity contribution in [3.8, 4) is 11.3 Å². The van der Waals surface area contributed by atoms with Gasteiger partial charge in [0.1, 0.15) is 0 Å². The van der Waals surface area contributed by atoms with E-state index in [0.717, 1.165) is 30.8 Å². The largest absolute Gasteiger partial charge is 0.353 e. The van der Waals surface area contributed by atoms with Crippen LogP contribution in [0.5, 0.6) is 0 Å². The zero-order valence-corrected chi connectivity index (χ0v) is 14.3. The number of benzene rings is 1. The van der Waals surface area contributed by atoms with Crippen LogP contribution < -0.4 is 5.32 Å². The number of hydrogen-bond acceptors (Lipinski definition) is 5. The lowest BCUT2D eigenvalue weighted by molar-refractivity contribution is 0.224. The van der Waals surface area contributed by atoms with E-state index in [1.54, 1.807) is 18.6 Å². The second kappa shape index (κ2) is 6.99. The maximum Gasteiger partial charge on any atom is 0.223 e. The minimum absolute atomic E-state index is 0.433. The Balaban J connectivity index is 1.45. The molecular formula is C20H21N5. The number of aromatic nitrogens is 3. The molecule has 1 atom stereocenters. The third-order valence-electron chi connectivity index (χ3n) is 4.74. The van der Waals surface area contributed by atoms with Gasteiger partial charge >= 0.3 is 0 Å². The molecule has 4 rings (SSSR count). The lowest BCUT2D eigenvalue weighted by Gasteiger charge is -2.34. The van der Waals surface area contributed by atoms with Crippen LogP contribution in [0.4, 0.5) is 5.95 Å². The van der Waals surface area contributed by atoms with Gasteiger partial charge < -0.3 is 5.32 Å². The van der Waals surface area contributed by atoms with Gasteiger partial charge in [0, 0.05) is 43.3 Å². The van der Waals surface area contributed by atoms with Gasteiger partial charge in [-0.15, -0.1) is 0 Å². The smallest absolute Gasteiger partial charge is 0.223 e. The van der Waals surface area contributed by atoms with Gasteiger partial charge in [0.15, 0.2) is 0 Å². The molecule has 5 heteroatoms. The summed E-state index contributed by atoms with van der Waals surface area (Å²) in [6, 6.07) is 15.0. The SMILES string of the molecule is CN1Cc2ccccc2C[C@H]1CNc1nccc(-c2ccncc2)n1. The number of fused-ring (bicyclic) bond motifs is 1. The Morgan fingerprint density at radius 2 is 1.84 bits per heavy atom.